The molecule has 1 aromatic carbocycles. The molecule has 1 aromatic rings. The monoisotopic (exact) mass is 220 g/mol. The third kappa shape index (κ3) is 2.03. The Bertz CT molecular complexity index is 392. The molecule has 0 atom stereocenters. The van der Waals surface area contributed by atoms with Crippen LogP contribution in [0.5, 0.6) is 0 Å². The fraction of sp³-hybridized carbons (Fsp3) is 0. The van der Waals surface area contributed by atoms with E-state index in [4.69, 9.17) is 11.6 Å². The van der Waals surface area contributed by atoms with Crippen molar-refractivity contribution in [1.82, 2.24) is 5.32 Å². The summed E-state index contributed by atoms with van der Waals surface area (Å²) in [6, 6.07) is 4.60. The van der Waals surface area contributed by atoms with E-state index >= 15 is 0 Å². The Morgan fingerprint density at radius 3 is 2.38 bits per heavy atom. The Balaban J connectivity index is 0.000000845. The van der Waals surface area contributed by atoms with E-state index < -0.39 is 0 Å². The van der Waals surface area contributed by atoms with Crippen molar-refractivity contribution < 1.29 is 9.59 Å². The second-order valence-electron chi connectivity index (χ2n) is 2.47. The SMILES string of the molecule is O=C1NC(=O)c2cc(Cl)ccc21.[K]. The van der Waals surface area contributed by atoms with E-state index in [1.54, 1.807) is 6.07 Å². The topological polar surface area (TPSA) is 46.2 Å². The van der Waals surface area contributed by atoms with Crippen molar-refractivity contribution in [3.05, 3.63) is 34.3 Å². The predicted octanol–water partition coefficient (Wildman–Crippen LogP) is 0.843. The maximum atomic E-state index is 11.0. The van der Waals surface area contributed by atoms with Gasteiger partial charge in [0.2, 0.25) is 0 Å². The normalized spacial score (nSPS) is 13.3. The van der Waals surface area contributed by atoms with Crippen molar-refractivity contribution >= 4 is 74.8 Å². The van der Waals surface area contributed by atoms with Crippen LogP contribution >= 0.6 is 11.6 Å². The molecule has 61 valence electrons. The number of halogens is 1. The van der Waals surface area contributed by atoms with Crippen LogP contribution in [0.15, 0.2) is 18.2 Å². The average molecular weight is 221 g/mol. The van der Waals surface area contributed by atoms with Gasteiger partial charge in [0.05, 0.1) is 11.1 Å². The molecule has 1 aliphatic rings. The molecule has 1 N–H and O–H groups in total. The van der Waals surface area contributed by atoms with Gasteiger partial charge >= 0.3 is 0 Å². The number of rotatable bonds is 0. The van der Waals surface area contributed by atoms with Crippen LogP contribution in [0.3, 0.4) is 0 Å². The Labute approximate surface area is 122 Å². The van der Waals surface area contributed by atoms with E-state index in [2.05, 4.69) is 5.32 Å². The molecule has 5 heteroatoms. The van der Waals surface area contributed by atoms with E-state index in [9.17, 15) is 9.59 Å². The molecule has 0 aliphatic carbocycles. The summed E-state index contributed by atoms with van der Waals surface area (Å²) in [7, 11) is 0. The van der Waals surface area contributed by atoms with Crippen LogP contribution in [-0.4, -0.2) is 63.2 Å². The molecule has 2 amide bonds. The first-order chi connectivity index (χ1) is 5.68. The Hall–Kier alpha value is 0.286. The van der Waals surface area contributed by atoms with E-state index in [0.717, 1.165) is 0 Å². The number of nitrogens with one attached hydrogen (secondary N) is 1. The van der Waals surface area contributed by atoms with Crippen molar-refractivity contribution in [3.63, 3.8) is 0 Å². The fourth-order valence-corrected chi connectivity index (χ4v) is 1.31. The molecular weight excluding hydrogens is 217 g/mol. The second kappa shape index (κ2) is 4.21. The molecule has 1 heterocycles. The number of imide groups is 1. The number of hydrogen-bond donors (Lipinski definition) is 1. The zero-order chi connectivity index (χ0) is 8.72. The van der Waals surface area contributed by atoms with Crippen LogP contribution in [0.2, 0.25) is 5.02 Å². The molecular formula is C8H4ClKNO2. The number of fused-ring (bicyclic) bond motifs is 1. The number of carbonyl (C=O) groups excluding carboxylic acids is 2. The van der Waals surface area contributed by atoms with Crippen molar-refractivity contribution in [2.45, 2.75) is 0 Å². The molecule has 0 bridgehead atoms. The minimum absolute atomic E-state index is 0. The summed E-state index contributed by atoms with van der Waals surface area (Å²) in [5, 5.41) is 2.63. The fourth-order valence-electron chi connectivity index (χ4n) is 1.14. The first-order valence-electron chi connectivity index (χ1n) is 3.34. The first-order valence-corrected chi connectivity index (χ1v) is 3.71. The van der Waals surface area contributed by atoms with Crippen LogP contribution in [0.4, 0.5) is 0 Å². The van der Waals surface area contributed by atoms with Gasteiger partial charge in [-0.25, -0.2) is 0 Å². The molecule has 1 aliphatic heterocycles. The van der Waals surface area contributed by atoms with Crippen molar-refractivity contribution in [2.75, 3.05) is 0 Å². The molecule has 0 unspecified atom stereocenters. The Morgan fingerprint density at radius 1 is 1.08 bits per heavy atom. The molecule has 0 fully saturated rings. The molecule has 3 nitrogen and oxygen atoms in total. The largest absolute Gasteiger partial charge is 0.288 e. The summed E-state index contributed by atoms with van der Waals surface area (Å²) in [6.07, 6.45) is 0. The molecule has 0 saturated heterocycles. The van der Waals surface area contributed by atoms with Gasteiger partial charge in [-0.05, 0) is 18.2 Å². The van der Waals surface area contributed by atoms with Gasteiger partial charge in [-0.1, -0.05) is 11.6 Å². The number of amides is 2. The van der Waals surface area contributed by atoms with Gasteiger partial charge in [0.15, 0.2) is 0 Å². The van der Waals surface area contributed by atoms with Crippen molar-refractivity contribution in [2.24, 2.45) is 0 Å². The minimum Gasteiger partial charge on any atom is -0.288 e. The summed E-state index contributed by atoms with van der Waals surface area (Å²) in [4.78, 5) is 22.0. The van der Waals surface area contributed by atoms with E-state index in [-0.39, 0.29) is 63.2 Å². The maximum absolute atomic E-state index is 11.0. The van der Waals surface area contributed by atoms with Gasteiger partial charge in [-0.3, -0.25) is 14.9 Å². The molecule has 0 spiro atoms. The van der Waals surface area contributed by atoms with Gasteiger partial charge < -0.3 is 0 Å². The predicted molar refractivity (Wildman–Crippen MR) is 49.0 cm³/mol. The number of carbonyl (C=O) groups is 2. The third-order valence-electron chi connectivity index (χ3n) is 1.70. The third-order valence-corrected chi connectivity index (χ3v) is 1.93. The zero-order valence-electron chi connectivity index (χ0n) is 6.93. The van der Waals surface area contributed by atoms with Crippen LogP contribution in [0.25, 0.3) is 0 Å². The van der Waals surface area contributed by atoms with Gasteiger partial charge in [-0.15, -0.1) is 0 Å². The Kier molecular flexibility index (Phi) is 3.68. The zero-order valence-corrected chi connectivity index (χ0v) is 10.8. The minimum atomic E-state index is -0.377. The van der Waals surface area contributed by atoms with Crippen molar-refractivity contribution in [1.29, 1.82) is 0 Å². The number of hydrogen-bond acceptors (Lipinski definition) is 2. The van der Waals surface area contributed by atoms with E-state index in [1.165, 1.54) is 12.1 Å². The molecule has 0 saturated carbocycles. The van der Waals surface area contributed by atoms with Gasteiger partial charge in [0, 0.05) is 56.4 Å². The van der Waals surface area contributed by atoms with Crippen LogP contribution < -0.4 is 5.32 Å². The van der Waals surface area contributed by atoms with E-state index in [0.29, 0.717) is 16.1 Å². The van der Waals surface area contributed by atoms with Crippen LogP contribution in [0.1, 0.15) is 20.7 Å². The standard InChI is InChI=1S/C8H4ClNO2.K/c9-4-1-2-5-6(3-4)8(12)10-7(5)11;/h1-3H,(H,10,11,12);. The first kappa shape index (κ1) is 11.4. The summed E-state index contributed by atoms with van der Waals surface area (Å²) in [5.74, 6) is -0.732. The summed E-state index contributed by atoms with van der Waals surface area (Å²) in [5.41, 5.74) is 0.747. The number of benzene rings is 1. The average Bonchev–Trinajstić information content (AvgIpc) is 2.28. The van der Waals surface area contributed by atoms with Gasteiger partial charge in [0.25, 0.3) is 11.8 Å². The molecule has 13 heavy (non-hydrogen) atoms. The smallest absolute Gasteiger partial charge is 0.258 e. The van der Waals surface area contributed by atoms with E-state index in [1.807, 2.05) is 0 Å². The summed E-state index contributed by atoms with van der Waals surface area (Å²) in [6.45, 7) is 0. The van der Waals surface area contributed by atoms with Crippen LogP contribution in [-0.2, 0) is 0 Å². The Morgan fingerprint density at radius 2 is 1.69 bits per heavy atom. The maximum Gasteiger partial charge on any atom is 0.258 e. The molecule has 2 rings (SSSR count). The summed E-state index contributed by atoms with van der Waals surface area (Å²) < 4.78 is 0. The molecule has 0 aromatic heterocycles. The second-order valence-corrected chi connectivity index (χ2v) is 2.91. The van der Waals surface area contributed by atoms with Crippen molar-refractivity contribution in [3.8, 4) is 0 Å². The van der Waals surface area contributed by atoms with Gasteiger partial charge in [-0.2, -0.15) is 0 Å². The quantitative estimate of drug-likeness (QED) is 0.520. The van der Waals surface area contributed by atoms with Gasteiger partial charge in [0.1, 0.15) is 0 Å². The molecule has 1 radical (unpaired) electrons. The van der Waals surface area contributed by atoms with Crippen LogP contribution in [0, 0.1) is 0 Å². The summed E-state index contributed by atoms with van der Waals surface area (Å²) >= 11 is 5.65.